The van der Waals surface area contributed by atoms with E-state index in [-0.39, 0.29) is 0 Å². The van der Waals surface area contributed by atoms with Gasteiger partial charge in [0.05, 0.1) is 17.2 Å². The lowest BCUT2D eigenvalue weighted by Gasteiger charge is -2.14. The van der Waals surface area contributed by atoms with Crippen LogP contribution in [0.3, 0.4) is 0 Å². The van der Waals surface area contributed by atoms with Crippen LogP contribution in [0.25, 0.3) is 0 Å². The Labute approximate surface area is 168 Å². The van der Waals surface area contributed by atoms with Crippen LogP contribution in [0.1, 0.15) is 22.8 Å². The van der Waals surface area contributed by atoms with Crippen molar-refractivity contribution < 1.29 is 19.1 Å². The predicted octanol–water partition coefficient (Wildman–Crippen LogP) is 4.53. The minimum absolute atomic E-state index is 0.302. The molecule has 0 saturated heterocycles. The zero-order valence-electron chi connectivity index (χ0n) is 15.7. The first-order valence-electron chi connectivity index (χ1n) is 8.90. The van der Waals surface area contributed by atoms with E-state index in [0.29, 0.717) is 28.3 Å². The minimum Gasteiger partial charge on any atom is -0.457 e. The monoisotopic (exact) mass is 386 g/mol. The van der Waals surface area contributed by atoms with Crippen molar-refractivity contribution in [2.75, 3.05) is 5.32 Å². The van der Waals surface area contributed by atoms with Crippen molar-refractivity contribution in [1.29, 1.82) is 5.26 Å². The molecule has 3 rings (SSSR count). The molecule has 0 bridgehead atoms. The topological polar surface area (TPSA) is 88.4 Å². The van der Waals surface area contributed by atoms with Gasteiger partial charge in [0, 0.05) is 5.69 Å². The number of para-hydroxylation sites is 1. The molecule has 0 aliphatic carbocycles. The van der Waals surface area contributed by atoms with Crippen molar-refractivity contribution in [3.63, 3.8) is 0 Å². The molecule has 0 aliphatic heterocycles. The summed E-state index contributed by atoms with van der Waals surface area (Å²) in [5, 5.41) is 11.5. The van der Waals surface area contributed by atoms with Crippen molar-refractivity contribution in [1.82, 2.24) is 0 Å². The van der Waals surface area contributed by atoms with Crippen LogP contribution in [-0.4, -0.2) is 18.0 Å². The highest BCUT2D eigenvalue weighted by Gasteiger charge is 2.19. The fraction of sp³-hybridized carbons (Fsp3) is 0.0870. The van der Waals surface area contributed by atoms with Gasteiger partial charge in [-0.3, -0.25) is 4.79 Å². The number of rotatable bonds is 6. The van der Waals surface area contributed by atoms with Crippen molar-refractivity contribution >= 4 is 17.6 Å². The summed E-state index contributed by atoms with van der Waals surface area (Å²) >= 11 is 0. The molecular formula is C23H18N2O4. The molecule has 1 N–H and O–H groups in total. The van der Waals surface area contributed by atoms with Gasteiger partial charge in [-0.15, -0.1) is 0 Å². The van der Waals surface area contributed by atoms with Gasteiger partial charge >= 0.3 is 5.97 Å². The number of carbonyl (C=O) groups is 2. The smallest absolute Gasteiger partial charge is 0.338 e. The largest absolute Gasteiger partial charge is 0.457 e. The van der Waals surface area contributed by atoms with Gasteiger partial charge < -0.3 is 14.8 Å². The maximum atomic E-state index is 12.3. The van der Waals surface area contributed by atoms with E-state index in [4.69, 9.17) is 14.7 Å². The summed E-state index contributed by atoms with van der Waals surface area (Å²) in [6, 6.07) is 24.2. The molecule has 6 nitrogen and oxygen atoms in total. The minimum atomic E-state index is -1.01. The van der Waals surface area contributed by atoms with Gasteiger partial charge in [0.1, 0.15) is 11.5 Å². The molecule has 0 heterocycles. The van der Waals surface area contributed by atoms with Gasteiger partial charge in [-0.2, -0.15) is 5.26 Å². The number of nitrogens with one attached hydrogen (secondary N) is 1. The molecule has 3 aromatic rings. The van der Waals surface area contributed by atoms with Crippen molar-refractivity contribution in [2.45, 2.75) is 13.0 Å². The second kappa shape index (κ2) is 9.20. The highest BCUT2D eigenvalue weighted by atomic mass is 16.5. The summed E-state index contributed by atoms with van der Waals surface area (Å²) in [5.41, 5.74) is 1.18. The number of nitriles is 1. The summed E-state index contributed by atoms with van der Waals surface area (Å²) in [6.45, 7) is 1.48. The number of hydrogen-bond donors (Lipinski definition) is 1. The fourth-order valence-corrected chi connectivity index (χ4v) is 2.48. The molecule has 144 valence electrons. The highest BCUT2D eigenvalue weighted by molar-refractivity contribution is 5.97. The Bertz CT molecular complexity index is 1040. The number of nitrogens with zero attached hydrogens (tertiary/aromatic N) is 1. The predicted molar refractivity (Wildman–Crippen MR) is 108 cm³/mol. The lowest BCUT2D eigenvalue weighted by Crippen LogP contribution is -2.30. The SMILES string of the molecule is C[C@H](OC(=O)c1ccc(Oc2ccccc2)cc1)C(=O)Nc1cccc(C#N)c1. The number of hydrogen-bond acceptors (Lipinski definition) is 5. The number of amides is 1. The standard InChI is InChI=1S/C23H18N2O4/c1-16(22(26)25-19-7-5-6-17(14-19)15-24)28-23(27)18-10-12-21(13-11-18)29-20-8-3-2-4-9-20/h2-14,16H,1H3,(H,25,26)/t16-/m0/s1. The van der Waals surface area contributed by atoms with Crippen LogP contribution in [0.2, 0.25) is 0 Å². The van der Waals surface area contributed by atoms with Crippen LogP contribution in [0.4, 0.5) is 5.69 Å². The Kier molecular flexibility index (Phi) is 6.23. The average molecular weight is 386 g/mol. The van der Waals surface area contributed by atoms with Crippen LogP contribution >= 0.6 is 0 Å². The molecular weight excluding hydrogens is 368 g/mol. The molecule has 3 aromatic carbocycles. The van der Waals surface area contributed by atoms with Gasteiger partial charge in [0.2, 0.25) is 0 Å². The Morgan fingerprint density at radius 1 is 0.931 bits per heavy atom. The zero-order chi connectivity index (χ0) is 20.6. The summed E-state index contributed by atoms with van der Waals surface area (Å²) in [4.78, 5) is 24.5. The average Bonchev–Trinajstić information content (AvgIpc) is 2.75. The molecule has 0 unspecified atom stereocenters. The number of ether oxygens (including phenoxy) is 2. The number of benzene rings is 3. The van der Waals surface area contributed by atoms with E-state index in [1.54, 1.807) is 42.5 Å². The lowest BCUT2D eigenvalue weighted by atomic mass is 10.2. The van der Waals surface area contributed by atoms with Crippen molar-refractivity contribution in [2.24, 2.45) is 0 Å². The number of anilines is 1. The van der Waals surface area contributed by atoms with Gasteiger partial charge in [0.25, 0.3) is 5.91 Å². The maximum absolute atomic E-state index is 12.3. The van der Waals surface area contributed by atoms with Crippen LogP contribution in [0.15, 0.2) is 78.9 Å². The zero-order valence-corrected chi connectivity index (χ0v) is 15.7. The quantitative estimate of drug-likeness (QED) is 0.629. The molecule has 0 radical (unpaired) electrons. The van der Waals surface area contributed by atoms with E-state index >= 15 is 0 Å². The van der Waals surface area contributed by atoms with Gasteiger partial charge in [-0.25, -0.2) is 4.79 Å². The van der Waals surface area contributed by atoms with Crippen LogP contribution in [0.5, 0.6) is 11.5 Å². The Hall–Kier alpha value is -4.11. The van der Waals surface area contributed by atoms with Crippen molar-refractivity contribution in [3.8, 4) is 17.6 Å². The van der Waals surface area contributed by atoms with Crippen LogP contribution < -0.4 is 10.1 Å². The third kappa shape index (κ3) is 5.44. The van der Waals surface area contributed by atoms with Gasteiger partial charge in [-0.1, -0.05) is 24.3 Å². The van der Waals surface area contributed by atoms with E-state index in [9.17, 15) is 9.59 Å². The Morgan fingerprint density at radius 2 is 1.62 bits per heavy atom. The van der Waals surface area contributed by atoms with Crippen LogP contribution in [-0.2, 0) is 9.53 Å². The van der Waals surface area contributed by atoms with Gasteiger partial charge in [-0.05, 0) is 61.5 Å². The van der Waals surface area contributed by atoms with E-state index in [2.05, 4.69) is 5.32 Å². The van der Waals surface area contributed by atoms with Crippen LogP contribution in [0, 0.1) is 11.3 Å². The maximum Gasteiger partial charge on any atom is 0.338 e. The fourth-order valence-electron chi connectivity index (χ4n) is 2.48. The van der Waals surface area contributed by atoms with E-state index in [0.717, 1.165) is 0 Å². The second-order valence-electron chi connectivity index (χ2n) is 6.17. The molecule has 29 heavy (non-hydrogen) atoms. The molecule has 0 aromatic heterocycles. The molecule has 0 saturated carbocycles. The molecule has 0 aliphatic rings. The normalized spacial score (nSPS) is 11.0. The number of esters is 1. The first-order chi connectivity index (χ1) is 14.0. The molecule has 1 amide bonds. The van der Waals surface area contributed by atoms with E-state index in [1.165, 1.54) is 13.0 Å². The molecule has 6 heteroatoms. The summed E-state index contributed by atoms with van der Waals surface area (Å²) in [6.07, 6.45) is -1.01. The third-order valence-corrected chi connectivity index (χ3v) is 3.98. The third-order valence-electron chi connectivity index (χ3n) is 3.98. The molecule has 0 spiro atoms. The Balaban J connectivity index is 1.57. The highest BCUT2D eigenvalue weighted by Crippen LogP contribution is 2.21. The first kappa shape index (κ1) is 19.6. The number of carbonyl (C=O) groups excluding carboxylic acids is 2. The summed E-state index contributed by atoms with van der Waals surface area (Å²) < 4.78 is 10.9. The van der Waals surface area contributed by atoms with Crippen molar-refractivity contribution in [3.05, 3.63) is 90.0 Å². The lowest BCUT2D eigenvalue weighted by molar-refractivity contribution is -0.123. The molecule has 1 atom stereocenters. The van der Waals surface area contributed by atoms with E-state index in [1.807, 2.05) is 36.4 Å². The summed E-state index contributed by atoms with van der Waals surface area (Å²) in [5.74, 6) is 0.159. The Morgan fingerprint density at radius 3 is 2.31 bits per heavy atom. The molecule has 0 fully saturated rings. The van der Waals surface area contributed by atoms with E-state index < -0.39 is 18.0 Å². The van der Waals surface area contributed by atoms with Gasteiger partial charge in [0.15, 0.2) is 6.10 Å². The summed E-state index contributed by atoms with van der Waals surface area (Å²) in [7, 11) is 0. The second-order valence-corrected chi connectivity index (χ2v) is 6.17. The first-order valence-corrected chi connectivity index (χ1v) is 8.90.